The van der Waals surface area contributed by atoms with Crippen LogP contribution in [0.25, 0.3) is 0 Å². The normalized spacial score (nSPS) is 27.5. The van der Waals surface area contributed by atoms with Gasteiger partial charge in [-0.2, -0.15) is 5.26 Å². The van der Waals surface area contributed by atoms with Gasteiger partial charge in [-0.05, 0) is 18.3 Å². The second-order valence-corrected chi connectivity index (χ2v) is 3.34. The van der Waals surface area contributed by atoms with Gasteiger partial charge in [0.25, 0.3) is 0 Å². The first-order valence-electron chi connectivity index (χ1n) is 3.45. The highest BCUT2D eigenvalue weighted by Crippen LogP contribution is 2.47. The van der Waals surface area contributed by atoms with Crippen molar-refractivity contribution >= 4 is 12.4 Å². The van der Waals surface area contributed by atoms with Crippen molar-refractivity contribution in [3.8, 4) is 6.07 Å². The number of rotatable bonds is 0. The largest absolute Gasteiger partial charge is 0.316 e. The van der Waals surface area contributed by atoms with Gasteiger partial charge < -0.3 is 5.32 Å². The van der Waals surface area contributed by atoms with Crippen molar-refractivity contribution in [2.24, 2.45) is 11.3 Å². The molecule has 2 fully saturated rings. The summed E-state index contributed by atoms with van der Waals surface area (Å²) in [6.07, 6.45) is 2.30. The van der Waals surface area contributed by atoms with Gasteiger partial charge in [0.2, 0.25) is 0 Å². The Hall–Kier alpha value is -0.260. The minimum atomic E-state index is 0. The van der Waals surface area contributed by atoms with Crippen molar-refractivity contribution < 1.29 is 0 Å². The first-order valence-corrected chi connectivity index (χ1v) is 3.45. The highest BCUT2D eigenvalue weighted by atomic mass is 35.5. The molecule has 0 unspecified atom stereocenters. The van der Waals surface area contributed by atoms with Gasteiger partial charge in [-0.3, -0.25) is 0 Å². The van der Waals surface area contributed by atoms with Crippen LogP contribution >= 0.6 is 12.4 Å². The monoisotopic (exact) mass is 158 g/mol. The molecular weight excluding hydrogens is 148 g/mol. The molecule has 0 atom stereocenters. The summed E-state index contributed by atoms with van der Waals surface area (Å²) in [4.78, 5) is 0. The Morgan fingerprint density at radius 2 is 2.00 bits per heavy atom. The van der Waals surface area contributed by atoms with E-state index in [2.05, 4.69) is 11.4 Å². The number of nitrogens with one attached hydrogen (secondary N) is 1. The first-order chi connectivity index (χ1) is 4.35. The summed E-state index contributed by atoms with van der Waals surface area (Å²) in [6, 6.07) is 2.30. The molecule has 2 aliphatic rings. The van der Waals surface area contributed by atoms with E-state index in [1.165, 1.54) is 0 Å². The number of hydrogen-bond donors (Lipinski definition) is 1. The van der Waals surface area contributed by atoms with E-state index in [1.807, 2.05) is 0 Å². The predicted octanol–water partition coefficient (Wildman–Crippen LogP) is 0.931. The summed E-state index contributed by atoms with van der Waals surface area (Å²) in [6.45, 7) is 2.32. The molecule has 1 spiro atoms. The molecule has 0 radical (unpaired) electrons. The third-order valence-electron chi connectivity index (χ3n) is 2.54. The van der Waals surface area contributed by atoms with Crippen LogP contribution < -0.4 is 5.32 Å². The molecule has 56 valence electrons. The summed E-state index contributed by atoms with van der Waals surface area (Å²) in [7, 11) is 0. The number of nitrogens with zero attached hydrogens (tertiary/aromatic N) is 1. The minimum absolute atomic E-state index is 0. The highest BCUT2D eigenvalue weighted by Gasteiger charge is 2.48. The standard InChI is InChI=1S/C7H10N2.ClH/c8-3-6-1-7(2-6)4-9-5-7;/h6,9H,1-2,4-5H2;1H. The average Bonchev–Trinajstić information content (AvgIpc) is 1.59. The van der Waals surface area contributed by atoms with Crippen molar-refractivity contribution in [1.29, 1.82) is 5.26 Å². The van der Waals surface area contributed by atoms with Gasteiger partial charge in [0.15, 0.2) is 0 Å². The van der Waals surface area contributed by atoms with Gasteiger partial charge in [0.1, 0.15) is 0 Å². The zero-order chi connectivity index (χ0) is 6.32. The van der Waals surface area contributed by atoms with Crippen molar-refractivity contribution in [2.75, 3.05) is 13.1 Å². The summed E-state index contributed by atoms with van der Waals surface area (Å²) < 4.78 is 0. The maximum absolute atomic E-state index is 8.47. The Labute approximate surface area is 67.0 Å². The van der Waals surface area contributed by atoms with Gasteiger partial charge in [0.05, 0.1) is 6.07 Å². The minimum Gasteiger partial charge on any atom is -0.316 e. The molecule has 1 aliphatic heterocycles. The van der Waals surface area contributed by atoms with E-state index in [0.29, 0.717) is 11.3 Å². The molecular formula is C7H11ClN2. The van der Waals surface area contributed by atoms with E-state index >= 15 is 0 Å². The second-order valence-electron chi connectivity index (χ2n) is 3.34. The third kappa shape index (κ3) is 0.902. The van der Waals surface area contributed by atoms with Crippen molar-refractivity contribution in [1.82, 2.24) is 5.32 Å². The highest BCUT2D eigenvalue weighted by molar-refractivity contribution is 5.85. The second kappa shape index (κ2) is 2.41. The molecule has 3 heteroatoms. The fraction of sp³-hybridized carbons (Fsp3) is 0.857. The zero-order valence-corrected chi connectivity index (χ0v) is 6.58. The fourth-order valence-corrected chi connectivity index (χ4v) is 1.84. The molecule has 0 aromatic carbocycles. The topological polar surface area (TPSA) is 35.8 Å². The van der Waals surface area contributed by atoms with Crippen LogP contribution in [0.15, 0.2) is 0 Å². The van der Waals surface area contributed by atoms with Crippen LogP contribution in [0.5, 0.6) is 0 Å². The lowest BCUT2D eigenvalue weighted by molar-refractivity contribution is 0.0257. The van der Waals surface area contributed by atoms with E-state index in [0.717, 1.165) is 25.9 Å². The summed E-state index contributed by atoms with van der Waals surface area (Å²) in [5.74, 6) is 0.382. The first kappa shape index (κ1) is 7.84. The summed E-state index contributed by atoms with van der Waals surface area (Å²) in [5, 5.41) is 11.7. The van der Waals surface area contributed by atoms with E-state index < -0.39 is 0 Å². The number of halogens is 1. The Morgan fingerprint density at radius 3 is 2.30 bits per heavy atom. The van der Waals surface area contributed by atoms with Crippen LogP contribution in [0.4, 0.5) is 0 Å². The lowest BCUT2D eigenvalue weighted by Crippen LogP contribution is -2.59. The molecule has 0 aromatic heterocycles. The molecule has 0 aromatic rings. The number of nitriles is 1. The molecule has 1 heterocycles. The predicted molar refractivity (Wildman–Crippen MR) is 40.9 cm³/mol. The van der Waals surface area contributed by atoms with Gasteiger partial charge >= 0.3 is 0 Å². The van der Waals surface area contributed by atoms with Gasteiger partial charge in [-0.25, -0.2) is 0 Å². The molecule has 1 N–H and O–H groups in total. The maximum atomic E-state index is 8.47. The maximum Gasteiger partial charge on any atom is 0.0656 e. The smallest absolute Gasteiger partial charge is 0.0656 e. The molecule has 10 heavy (non-hydrogen) atoms. The van der Waals surface area contributed by atoms with Crippen molar-refractivity contribution in [2.45, 2.75) is 12.8 Å². The van der Waals surface area contributed by atoms with Crippen molar-refractivity contribution in [3.63, 3.8) is 0 Å². The lowest BCUT2D eigenvalue weighted by Gasteiger charge is -2.52. The van der Waals surface area contributed by atoms with E-state index in [1.54, 1.807) is 0 Å². The lowest BCUT2D eigenvalue weighted by atomic mass is 9.59. The fourth-order valence-electron chi connectivity index (χ4n) is 1.84. The third-order valence-corrected chi connectivity index (χ3v) is 2.54. The Bertz CT molecular complexity index is 161. The van der Waals surface area contributed by atoms with E-state index in [-0.39, 0.29) is 12.4 Å². The van der Waals surface area contributed by atoms with Crippen LogP contribution in [0.3, 0.4) is 0 Å². The van der Waals surface area contributed by atoms with Gasteiger partial charge in [-0.15, -0.1) is 12.4 Å². The van der Waals surface area contributed by atoms with Crippen LogP contribution in [0, 0.1) is 22.7 Å². The van der Waals surface area contributed by atoms with Gasteiger partial charge in [0, 0.05) is 19.0 Å². The molecule has 0 amide bonds. The molecule has 1 aliphatic carbocycles. The summed E-state index contributed by atoms with van der Waals surface area (Å²) in [5.41, 5.74) is 0.584. The van der Waals surface area contributed by atoms with Crippen LogP contribution in [-0.4, -0.2) is 13.1 Å². The molecule has 1 saturated carbocycles. The average molecular weight is 159 g/mol. The zero-order valence-electron chi connectivity index (χ0n) is 5.76. The molecule has 1 saturated heterocycles. The quantitative estimate of drug-likeness (QED) is 0.570. The Balaban J connectivity index is 0.000000500. The molecule has 0 bridgehead atoms. The Kier molecular flexibility index (Phi) is 1.89. The number of hydrogen-bond acceptors (Lipinski definition) is 2. The van der Waals surface area contributed by atoms with E-state index in [4.69, 9.17) is 5.26 Å². The van der Waals surface area contributed by atoms with E-state index in [9.17, 15) is 0 Å². The Morgan fingerprint density at radius 1 is 1.40 bits per heavy atom. The summed E-state index contributed by atoms with van der Waals surface area (Å²) >= 11 is 0. The van der Waals surface area contributed by atoms with Crippen LogP contribution in [0.2, 0.25) is 0 Å². The van der Waals surface area contributed by atoms with Crippen LogP contribution in [-0.2, 0) is 0 Å². The molecule has 2 rings (SSSR count). The van der Waals surface area contributed by atoms with Crippen LogP contribution in [0.1, 0.15) is 12.8 Å². The van der Waals surface area contributed by atoms with Crippen molar-refractivity contribution in [3.05, 3.63) is 0 Å². The molecule has 2 nitrogen and oxygen atoms in total. The van der Waals surface area contributed by atoms with Gasteiger partial charge in [-0.1, -0.05) is 0 Å². The SMILES string of the molecule is Cl.N#CC1CC2(CNC2)C1.